The molecule has 0 bridgehead atoms. The zero-order chi connectivity index (χ0) is 10.3. The van der Waals surface area contributed by atoms with Crippen molar-refractivity contribution in [2.45, 2.75) is 33.1 Å². The molecule has 1 N–H and O–H groups in total. The maximum Gasteiger partial charge on any atom is 0.230 e. The smallest absolute Gasteiger partial charge is 0.230 e. The third-order valence-electron chi connectivity index (χ3n) is 2.34. The number of anilines is 1. The lowest BCUT2D eigenvalue weighted by Crippen LogP contribution is -2.05. The van der Waals surface area contributed by atoms with Gasteiger partial charge in [0.2, 0.25) is 5.91 Å². The summed E-state index contributed by atoms with van der Waals surface area (Å²) in [6.07, 6.45) is 0.416. The molecule has 1 aliphatic heterocycles. The Morgan fingerprint density at radius 2 is 2.07 bits per heavy atom. The first-order valence-electron chi connectivity index (χ1n) is 4.75. The van der Waals surface area contributed by atoms with Crippen LogP contribution in [0.25, 0.3) is 0 Å². The number of carbonyl (C=O) groups excluding carboxylic acids is 1. The number of nitrogens with zero attached hydrogens (tertiary/aromatic N) is 2. The maximum atomic E-state index is 11.2. The second kappa shape index (κ2) is 3.04. The Hall–Kier alpha value is -1.45. The van der Waals surface area contributed by atoms with Gasteiger partial charge in [0, 0.05) is 17.2 Å². The standard InChI is InChI=1S/C10H13N3O/c1-5(2)9-11-6(3)7-4-8(14)12-10(7)13-9/h5H,4H2,1-3H3,(H,11,12,13,14). The second-order valence-corrected chi connectivity index (χ2v) is 3.87. The highest BCUT2D eigenvalue weighted by Crippen LogP contribution is 2.24. The van der Waals surface area contributed by atoms with Crippen LogP contribution in [0.2, 0.25) is 0 Å². The molecule has 0 aromatic carbocycles. The van der Waals surface area contributed by atoms with Gasteiger partial charge in [-0.15, -0.1) is 0 Å². The summed E-state index contributed by atoms with van der Waals surface area (Å²) < 4.78 is 0. The third kappa shape index (κ3) is 1.36. The fraction of sp³-hybridized carbons (Fsp3) is 0.500. The fourth-order valence-corrected chi connectivity index (χ4v) is 1.53. The fourth-order valence-electron chi connectivity index (χ4n) is 1.53. The van der Waals surface area contributed by atoms with Gasteiger partial charge in [-0.2, -0.15) is 0 Å². The molecule has 0 radical (unpaired) electrons. The van der Waals surface area contributed by atoms with Crippen LogP contribution in [0.3, 0.4) is 0 Å². The van der Waals surface area contributed by atoms with Crippen molar-refractivity contribution in [3.8, 4) is 0 Å². The molecular weight excluding hydrogens is 178 g/mol. The van der Waals surface area contributed by atoms with E-state index in [1.807, 2.05) is 20.8 Å². The van der Waals surface area contributed by atoms with Crippen LogP contribution in [0, 0.1) is 6.92 Å². The first-order valence-corrected chi connectivity index (χ1v) is 4.75. The van der Waals surface area contributed by atoms with Crippen LogP contribution in [0.15, 0.2) is 0 Å². The first kappa shape index (κ1) is 9.12. The van der Waals surface area contributed by atoms with Crippen LogP contribution >= 0.6 is 0 Å². The van der Waals surface area contributed by atoms with Gasteiger partial charge in [-0.3, -0.25) is 4.79 Å². The average molecular weight is 191 g/mol. The van der Waals surface area contributed by atoms with E-state index >= 15 is 0 Å². The van der Waals surface area contributed by atoms with Crippen LogP contribution in [-0.4, -0.2) is 15.9 Å². The Bertz CT molecular complexity index is 399. The van der Waals surface area contributed by atoms with Gasteiger partial charge in [0.15, 0.2) is 0 Å². The van der Waals surface area contributed by atoms with E-state index in [-0.39, 0.29) is 11.8 Å². The van der Waals surface area contributed by atoms with Crippen molar-refractivity contribution in [2.75, 3.05) is 5.32 Å². The number of rotatable bonds is 1. The van der Waals surface area contributed by atoms with Gasteiger partial charge in [-0.05, 0) is 6.92 Å². The molecular formula is C10H13N3O. The first-order chi connectivity index (χ1) is 6.58. The minimum atomic E-state index is 0.0123. The molecule has 0 unspecified atom stereocenters. The van der Waals surface area contributed by atoms with Crippen LogP contribution in [0.4, 0.5) is 5.82 Å². The molecule has 0 spiro atoms. The Balaban J connectivity index is 2.51. The van der Waals surface area contributed by atoms with E-state index in [0.717, 1.165) is 17.1 Å². The second-order valence-electron chi connectivity index (χ2n) is 3.87. The quantitative estimate of drug-likeness (QED) is 0.730. The lowest BCUT2D eigenvalue weighted by Gasteiger charge is -2.07. The van der Waals surface area contributed by atoms with E-state index in [4.69, 9.17) is 0 Å². The maximum absolute atomic E-state index is 11.2. The largest absolute Gasteiger partial charge is 0.310 e. The molecule has 1 aromatic rings. The van der Waals surface area contributed by atoms with E-state index in [1.165, 1.54) is 0 Å². The lowest BCUT2D eigenvalue weighted by atomic mass is 10.1. The van der Waals surface area contributed by atoms with Crippen molar-refractivity contribution in [1.29, 1.82) is 0 Å². The highest BCUT2D eigenvalue weighted by atomic mass is 16.1. The highest BCUT2D eigenvalue weighted by Gasteiger charge is 2.23. The van der Waals surface area contributed by atoms with Crippen LogP contribution in [0.1, 0.15) is 36.8 Å². The van der Waals surface area contributed by atoms with Gasteiger partial charge >= 0.3 is 0 Å². The summed E-state index contributed by atoms with van der Waals surface area (Å²) in [5.41, 5.74) is 1.86. The van der Waals surface area contributed by atoms with Crippen molar-refractivity contribution in [1.82, 2.24) is 9.97 Å². The number of aromatic nitrogens is 2. The van der Waals surface area contributed by atoms with Crippen LogP contribution in [-0.2, 0) is 11.2 Å². The molecule has 1 amide bonds. The summed E-state index contributed by atoms with van der Waals surface area (Å²) in [4.78, 5) is 19.9. The summed E-state index contributed by atoms with van der Waals surface area (Å²) in [5, 5.41) is 2.74. The number of nitrogens with one attached hydrogen (secondary N) is 1. The van der Waals surface area contributed by atoms with E-state index in [0.29, 0.717) is 12.2 Å². The topological polar surface area (TPSA) is 54.9 Å². The van der Waals surface area contributed by atoms with Crippen molar-refractivity contribution >= 4 is 11.7 Å². The van der Waals surface area contributed by atoms with Gasteiger partial charge < -0.3 is 5.32 Å². The molecule has 0 aliphatic carbocycles. The molecule has 14 heavy (non-hydrogen) atoms. The molecule has 1 aromatic heterocycles. The van der Waals surface area contributed by atoms with Crippen molar-refractivity contribution in [3.63, 3.8) is 0 Å². The number of amides is 1. The minimum absolute atomic E-state index is 0.0123. The number of carbonyl (C=O) groups is 1. The molecule has 2 rings (SSSR count). The van der Waals surface area contributed by atoms with E-state index < -0.39 is 0 Å². The third-order valence-corrected chi connectivity index (χ3v) is 2.34. The van der Waals surface area contributed by atoms with E-state index in [1.54, 1.807) is 0 Å². The van der Waals surface area contributed by atoms with Gasteiger partial charge in [0.25, 0.3) is 0 Å². The molecule has 0 saturated heterocycles. The van der Waals surface area contributed by atoms with Crippen molar-refractivity contribution in [2.24, 2.45) is 0 Å². The Labute approximate surface area is 82.8 Å². The summed E-state index contributed by atoms with van der Waals surface area (Å²) >= 11 is 0. The Kier molecular flexibility index (Phi) is 1.98. The van der Waals surface area contributed by atoms with Crippen LogP contribution < -0.4 is 5.32 Å². The molecule has 0 atom stereocenters. The highest BCUT2D eigenvalue weighted by molar-refractivity contribution is 5.98. The Morgan fingerprint density at radius 3 is 2.71 bits per heavy atom. The number of fused-ring (bicyclic) bond motifs is 1. The molecule has 1 aliphatic rings. The molecule has 0 saturated carbocycles. The van der Waals surface area contributed by atoms with Gasteiger partial charge in [0.05, 0.1) is 6.42 Å². The van der Waals surface area contributed by atoms with Gasteiger partial charge in [-0.1, -0.05) is 13.8 Å². The predicted octanol–water partition coefficient (Wildman–Crippen LogP) is 1.40. The summed E-state index contributed by atoms with van der Waals surface area (Å²) in [6, 6.07) is 0. The monoisotopic (exact) mass is 191 g/mol. The zero-order valence-corrected chi connectivity index (χ0v) is 8.59. The Morgan fingerprint density at radius 1 is 1.36 bits per heavy atom. The summed E-state index contributed by atoms with van der Waals surface area (Å²) in [7, 11) is 0. The zero-order valence-electron chi connectivity index (χ0n) is 8.59. The van der Waals surface area contributed by atoms with Gasteiger partial charge in [0.1, 0.15) is 11.6 Å². The normalized spacial score (nSPS) is 14.4. The molecule has 74 valence electrons. The number of aryl methyl sites for hydroxylation is 1. The summed E-state index contributed by atoms with van der Waals surface area (Å²) in [5.74, 6) is 1.80. The average Bonchev–Trinajstić information content (AvgIpc) is 2.45. The molecule has 4 heteroatoms. The SMILES string of the molecule is Cc1nc(C(C)C)nc2c1CC(=O)N2. The minimum Gasteiger partial charge on any atom is -0.310 e. The lowest BCUT2D eigenvalue weighted by molar-refractivity contribution is -0.115. The molecule has 2 heterocycles. The van der Waals surface area contributed by atoms with E-state index in [9.17, 15) is 4.79 Å². The van der Waals surface area contributed by atoms with E-state index in [2.05, 4.69) is 15.3 Å². The van der Waals surface area contributed by atoms with Crippen LogP contribution in [0.5, 0.6) is 0 Å². The number of hydrogen-bond donors (Lipinski definition) is 1. The molecule has 0 fully saturated rings. The van der Waals surface area contributed by atoms with Crippen molar-refractivity contribution in [3.05, 3.63) is 17.1 Å². The van der Waals surface area contributed by atoms with Gasteiger partial charge in [-0.25, -0.2) is 9.97 Å². The predicted molar refractivity (Wildman–Crippen MR) is 53.2 cm³/mol. The van der Waals surface area contributed by atoms with Crippen molar-refractivity contribution < 1.29 is 4.79 Å². The molecule has 4 nitrogen and oxygen atoms in total. The number of hydrogen-bond acceptors (Lipinski definition) is 3. The summed E-state index contributed by atoms with van der Waals surface area (Å²) in [6.45, 7) is 6.00.